The second kappa shape index (κ2) is 10.0. The molecular weight excluding hydrogens is 420 g/mol. The highest BCUT2D eigenvalue weighted by Gasteiger charge is 2.44. The highest BCUT2D eigenvalue weighted by molar-refractivity contribution is 7.98. The summed E-state index contributed by atoms with van der Waals surface area (Å²) in [6.45, 7) is 2.88. The highest BCUT2D eigenvalue weighted by Crippen LogP contribution is 2.33. The van der Waals surface area contributed by atoms with Crippen LogP contribution >= 0.6 is 11.8 Å². The van der Waals surface area contributed by atoms with Crippen LogP contribution in [-0.4, -0.2) is 90.5 Å². The molecule has 2 aliphatic rings. The van der Waals surface area contributed by atoms with Gasteiger partial charge in [0.05, 0.1) is 12.4 Å². The van der Waals surface area contributed by atoms with E-state index < -0.39 is 24.5 Å². The number of hydrogen-bond acceptors (Lipinski definition) is 9. The number of nitrogens with zero attached hydrogens (tertiary/aromatic N) is 5. The first kappa shape index (κ1) is 22.2. The molecule has 3 N–H and O–H groups in total. The average molecular weight is 449 g/mol. The maximum Gasteiger partial charge on any atom is 0.249 e. The van der Waals surface area contributed by atoms with Crippen LogP contribution < -0.4 is 5.32 Å². The number of aliphatic hydroxyl groups excluding tert-OH is 2. The number of aromatic nitrogens is 4. The third kappa shape index (κ3) is 4.90. The van der Waals surface area contributed by atoms with Gasteiger partial charge in [-0.2, -0.15) is 11.8 Å². The van der Waals surface area contributed by atoms with Gasteiger partial charge in [0.1, 0.15) is 18.5 Å². The number of thioether (sulfide) groups is 1. The van der Waals surface area contributed by atoms with Crippen molar-refractivity contribution < 1.29 is 19.7 Å². The number of anilines is 1. The SMILES string of the molecule is CSC[C@H]1O[C@@H](n2cnc3c(NC(=O)/C=C/CN4CCCCC4)ncnc32)[C@H](O)[C@@H]1O. The van der Waals surface area contributed by atoms with Gasteiger partial charge in [0.15, 0.2) is 23.2 Å². The van der Waals surface area contributed by atoms with Gasteiger partial charge < -0.3 is 20.3 Å². The Bertz CT molecular complexity index is 932. The molecule has 1 amide bonds. The standard InChI is InChI=1S/C20H28N6O4S/c1-31-10-13-16(28)17(29)20(30-13)26-12-23-15-18(21-11-22-19(15)26)24-14(27)6-5-9-25-7-3-2-4-8-25/h5-6,11-13,16-17,20,28-29H,2-4,7-10H2,1H3,(H,21,22,24,27)/b6-5+/t13-,16-,17-,20-/m1/s1. The van der Waals surface area contributed by atoms with Crippen molar-refractivity contribution in [2.24, 2.45) is 0 Å². The zero-order valence-electron chi connectivity index (χ0n) is 17.4. The van der Waals surface area contributed by atoms with E-state index in [2.05, 4.69) is 25.2 Å². The van der Waals surface area contributed by atoms with Gasteiger partial charge in [-0.05, 0) is 32.2 Å². The molecule has 168 valence electrons. The van der Waals surface area contributed by atoms with Crippen molar-refractivity contribution in [2.45, 2.75) is 43.8 Å². The Labute approximate surface area is 184 Å². The molecule has 0 spiro atoms. The lowest BCUT2D eigenvalue weighted by Crippen LogP contribution is -2.32. The van der Waals surface area contributed by atoms with Gasteiger partial charge in [-0.1, -0.05) is 12.5 Å². The molecule has 31 heavy (non-hydrogen) atoms. The van der Waals surface area contributed by atoms with Crippen LogP contribution in [0.1, 0.15) is 25.5 Å². The lowest BCUT2D eigenvalue weighted by Gasteiger charge is -2.24. The molecule has 2 aromatic rings. The zero-order valence-corrected chi connectivity index (χ0v) is 18.2. The molecule has 2 fully saturated rings. The fraction of sp³-hybridized carbons (Fsp3) is 0.600. The van der Waals surface area contributed by atoms with E-state index in [4.69, 9.17) is 4.74 Å². The number of rotatable bonds is 7. The quantitative estimate of drug-likeness (QED) is 0.527. The van der Waals surface area contributed by atoms with Gasteiger partial charge in [0.2, 0.25) is 5.91 Å². The van der Waals surface area contributed by atoms with Crippen molar-refractivity contribution in [2.75, 3.05) is 37.0 Å². The number of ether oxygens (including phenoxy) is 1. The third-order valence-electron chi connectivity index (χ3n) is 5.62. The van der Waals surface area contributed by atoms with E-state index >= 15 is 0 Å². The second-order valence-electron chi connectivity index (χ2n) is 7.80. The number of amides is 1. The summed E-state index contributed by atoms with van der Waals surface area (Å²) >= 11 is 1.53. The van der Waals surface area contributed by atoms with Crippen LogP contribution in [0.2, 0.25) is 0 Å². The Kier molecular flexibility index (Phi) is 7.18. The highest BCUT2D eigenvalue weighted by atomic mass is 32.2. The molecule has 11 heteroatoms. The molecule has 0 bridgehead atoms. The maximum absolute atomic E-state index is 12.4. The largest absolute Gasteiger partial charge is 0.387 e. The summed E-state index contributed by atoms with van der Waals surface area (Å²) in [7, 11) is 0. The predicted octanol–water partition coefficient (Wildman–Crippen LogP) is 0.789. The summed E-state index contributed by atoms with van der Waals surface area (Å²) in [6, 6.07) is 0. The van der Waals surface area contributed by atoms with Crippen LogP contribution in [0.5, 0.6) is 0 Å². The van der Waals surface area contributed by atoms with E-state index in [1.54, 1.807) is 4.57 Å². The minimum absolute atomic E-state index is 0.282. The Balaban J connectivity index is 1.45. The zero-order chi connectivity index (χ0) is 21.8. The third-order valence-corrected chi connectivity index (χ3v) is 6.29. The summed E-state index contributed by atoms with van der Waals surface area (Å²) in [4.78, 5) is 27.4. The number of nitrogens with one attached hydrogen (secondary N) is 1. The summed E-state index contributed by atoms with van der Waals surface area (Å²) in [5.41, 5.74) is 0.794. The number of piperidine rings is 1. The minimum Gasteiger partial charge on any atom is -0.387 e. The maximum atomic E-state index is 12.4. The van der Waals surface area contributed by atoms with Crippen molar-refractivity contribution in [1.82, 2.24) is 24.4 Å². The molecular formula is C20H28N6O4S. The van der Waals surface area contributed by atoms with E-state index in [1.807, 2.05) is 12.3 Å². The van der Waals surface area contributed by atoms with E-state index in [9.17, 15) is 15.0 Å². The molecule has 0 saturated carbocycles. The number of carbonyl (C=O) groups excluding carboxylic acids is 1. The number of aliphatic hydroxyl groups is 2. The first-order valence-corrected chi connectivity index (χ1v) is 11.9. The number of hydrogen-bond donors (Lipinski definition) is 3. The number of carbonyl (C=O) groups is 1. The smallest absolute Gasteiger partial charge is 0.249 e. The van der Waals surface area contributed by atoms with Crippen LogP contribution in [-0.2, 0) is 9.53 Å². The minimum atomic E-state index is -1.11. The van der Waals surface area contributed by atoms with E-state index in [0.29, 0.717) is 16.9 Å². The molecule has 0 radical (unpaired) electrons. The van der Waals surface area contributed by atoms with Crippen molar-refractivity contribution in [3.05, 3.63) is 24.8 Å². The van der Waals surface area contributed by atoms with Crippen molar-refractivity contribution in [3.8, 4) is 0 Å². The van der Waals surface area contributed by atoms with Crippen LogP contribution in [0.15, 0.2) is 24.8 Å². The van der Waals surface area contributed by atoms with Gasteiger partial charge in [0, 0.05) is 18.4 Å². The molecule has 2 aliphatic heterocycles. The lowest BCUT2D eigenvalue weighted by molar-refractivity contribution is -0.111. The molecule has 10 nitrogen and oxygen atoms in total. The van der Waals surface area contributed by atoms with E-state index in [1.165, 1.54) is 49.8 Å². The normalized spacial score (nSPS) is 27.3. The Morgan fingerprint density at radius 2 is 2.06 bits per heavy atom. The van der Waals surface area contributed by atoms with Gasteiger partial charge in [-0.15, -0.1) is 0 Å². The Morgan fingerprint density at radius 1 is 1.26 bits per heavy atom. The fourth-order valence-corrected chi connectivity index (χ4v) is 4.60. The molecule has 0 unspecified atom stereocenters. The molecule has 4 rings (SSSR count). The van der Waals surface area contributed by atoms with Gasteiger partial charge >= 0.3 is 0 Å². The number of likely N-dealkylation sites (tertiary alicyclic amines) is 1. The fourth-order valence-electron chi connectivity index (χ4n) is 4.00. The molecule has 0 aliphatic carbocycles. The topological polar surface area (TPSA) is 126 Å². The Morgan fingerprint density at radius 3 is 2.84 bits per heavy atom. The average Bonchev–Trinajstić information content (AvgIpc) is 3.32. The van der Waals surface area contributed by atoms with Crippen LogP contribution in [0, 0.1) is 0 Å². The van der Waals surface area contributed by atoms with Crippen molar-refractivity contribution in [1.29, 1.82) is 0 Å². The lowest BCUT2D eigenvalue weighted by atomic mass is 10.1. The van der Waals surface area contributed by atoms with Crippen LogP contribution in [0.25, 0.3) is 11.2 Å². The van der Waals surface area contributed by atoms with Gasteiger partial charge in [-0.3, -0.25) is 14.3 Å². The molecule has 4 heterocycles. The first-order chi connectivity index (χ1) is 15.1. The van der Waals surface area contributed by atoms with Crippen LogP contribution in [0.4, 0.5) is 5.82 Å². The Hall–Kier alpha value is -2.05. The van der Waals surface area contributed by atoms with E-state index in [-0.39, 0.29) is 11.7 Å². The van der Waals surface area contributed by atoms with Crippen molar-refractivity contribution in [3.63, 3.8) is 0 Å². The summed E-state index contributed by atoms with van der Waals surface area (Å²) in [6.07, 6.45) is 8.34. The predicted molar refractivity (Wildman–Crippen MR) is 118 cm³/mol. The number of imidazole rings is 1. The van der Waals surface area contributed by atoms with Crippen LogP contribution in [0.3, 0.4) is 0 Å². The summed E-state index contributed by atoms with van der Waals surface area (Å²) in [5.74, 6) is 0.547. The second-order valence-corrected chi connectivity index (χ2v) is 8.71. The first-order valence-electron chi connectivity index (χ1n) is 10.5. The molecule has 4 atom stereocenters. The van der Waals surface area contributed by atoms with Crippen molar-refractivity contribution >= 4 is 34.7 Å². The molecule has 2 saturated heterocycles. The molecule has 0 aromatic carbocycles. The number of fused-ring (bicyclic) bond motifs is 1. The summed E-state index contributed by atoms with van der Waals surface area (Å²) < 4.78 is 7.41. The monoisotopic (exact) mass is 448 g/mol. The van der Waals surface area contributed by atoms with E-state index in [0.717, 1.165) is 19.6 Å². The van der Waals surface area contributed by atoms with Gasteiger partial charge in [0.25, 0.3) is 0 Å². The molecule has 2 aromatic heterocycles. The summed E-state index contributed by atoms with van der Waals surface area (Å²) in [5, 5.41) is 23.5. The van der Waals surface area contributed by atoms with Gasteiger partial charge in [-0.25, -0.2) is 15.0 Å².